The Bertz CT molecular complexity index is 782. The van der Waals surface area contributed by atoms with Gasteiger partial charge in [-0.05, 0) is 32.1 Å². The van der Waals surface area contributed by atoms with Gasteiger partial charge in [0.25, 0.3) is 5.91 Å². The van der Waals surface area contributed by atoms with Crippen LogP contribution in [0.15, 0.2) is 0 Å². The van der Waals surface area contributed by atoms with E-state index in [4.69, 9.17) is 0 Å². The summed E-state index contributed by atoms with van der Waals surface area (Å²) >= 11 is 0. The number of urea groups is 1. The van der Waals surface area contributed by atoms with Gasteiger partial charge in [0.2, 0.25) is 5.91 Å². The van der Waals surface area contributed by atoms with E-state index in [0.29, 0.717) is 19.3 Å². The average molecular weight is 426 g/mol. The molecule has 1 spiro atoms. The van der Waals surface area contributed by atoms with E-state index < -0.39 is 21.4 Å². The zero-order chi connectivity index (χ0) is 20.6. The van der Waals surface area contributed by atoms with E-state index in [1.807, 2.05) is 0 Å². The van der Waals surface area contributed by atoms with Crippen LogP contribution in [0.3, 0.4) is 0 Å². The summed E-state index contributed by atoms with van der Waals surface area (Å²) in [5.41, 5.74) is -0.858. The molecular weight excluding hydrogens is 394 g/mol. The summed E-state index contributed by atoms with van der Waals surface area (Å²) in [7, 11) is -3.13. The first-order valence-corrected chi connectivity index (χ1v) is 12.8. The molecule has 2 saturated carbocycles. The number of nitrogens with one attached hydrogen (secondary N) is 1. The Hall–Kier alpha value is -1.64. The van der Waals surface area contributed by atoms with Crippen LogP contribution in [0.5, 0.6) is 0 Å². The Balaban J connectivity index is 1.51. The zero-order valence-corrected chi connectivity index (χ0v) is 17.7. The lowest BCUT2D eigenvalue weighted by molar-refractivity contribution is -0.141. The molecule has 162 valence electrons. The van der Waals surface area contributed by atoms with E-state index in [1.54, 1.807) is 4.90 Å². The standard InChI is InChI=1S/C20H31N3O5S/c24-17(23(15-7-3-4-8-15)16-9-12-29(27,28)14-16)13-22-18(25)20(21-19(22)26)10-5-1-2-6-11-20/h15-16H,1-14H2,(H,21,26)/t16-/m1/s1. The minimum absolute atomic E-state index is 0.00778. The highest BCUT2D eigenvalue weighted by Crippen LogP contribution is 2.34. The van der Waals surface area contributed by atoms with Gasteiger partial charge in [0, 0.05) is 12.1 Å². The first-order valence-electron chi connectivity index (χ1n) is 11.0. The van der Waals surface area contributed by atoms with Gasteiger partial charge >= 0.3 is 6.03 Å². The Morgan fingerprint density at radius 2 is 1.66 bits per heavy atom. The molecule has 0 aromatic carbocycles. The molecule has 9 heteroatoms. The number of nitrogens with zero attached hydrogens (tertiary/aromatic N) is 2. The van der Waals surface area contributed by atoms with E-state index in [9.17, 15) is 22.8 Å². The lowest BCUT2D eigenvalue weighted by Crippen LogP contribution is -2.52. The van der Waals surface area contributed by atoms with Crippen molar-refractivity contribution in [3.05, 3.63) is 0 Å². The van der Waals surface area contributed by atoms with Crippen molar-refractivity contribution < 1.29 is 22.8 Å². The van der Waals surface area contributed by atoms with E-state index in [2.05, 4.69) is 5.32 Å². The fourth-order valence-electron chi connectivity index (χ4n) is 5.59. The van der Waals surface area contributed by atoms with E-state index >= 15 is 0 Å². The summed E-state index contributed by atoms with van der Waals surface area (Å²) in [4.78, 5) is 41.8. The second-order valence-corrected chi connectivity index (χ2v) is 11.3. The number of imide groups is 1. The first kappa shape index (κ1) is 20.6. The van der Waals surface area contributed by atoms with Gasteiger partial charge in [0.05, 0.1) is 11.5 Å². The smallest absolute Gasteiger partial charge is 0.325 e. The predicted octanol–water partition coefficient (Wildman–Crippen LogP) is 1.59. The third-order valence-corrected chi connectivity index (χ3v) is 8.85. The quantitative estimate of drug-likeness (QED) is 0.689. The van der Waals surface area contributed by atoms with Crippen LogP contribution < -0.4 is 5.32 Å². The summed E-state index contributed by atoms with van der Waals surface area (Å²) in [5.74, 6) is -0.504. The average Bonchev–Trinajstić information content (AvgIpc) is 3.30. The number of carbonyl (C=O) groups excluding carboxylic acids is 3. The normalized spacial score (nSPS) is 29.2. The molecule has 1 N–H and O–H groups in total. The number of sulfone groups is 1. The van der Waals surface area contributed by atoms with Crippen molar-refractivity contribution >= 4 is 27.7 Å². The molecule has 2 aliphatic carbocycles. The third kappa shape index (κ3) is 4.02. The van der Waals surface area contributed by atoms with Crippen molar-refractivity contribution in [2.75, 3.05) is 18.1 Å². The molecule has 0 bridgehead atoms. The van der Waals surface area contributed by atoms with Crippen LogP contribution in [0, 0.1) is 0 Å². The number of hydrogen-bond acceptors (Lipinski definition) is 5. The molecule has 1 atom stereocenters. The van der Waals surface area contributed by atoms with E-state index in [1.165, 1.54) is 0 Å². The molecule has 0 aromatic rings. The molecule has 0 radical (unpaired) electrons. The van der Waals surface area contributed by atoms with Crippen LogP contribution in [0.25, 0.3) is 0 Å². The van der Waals surface area contributed by atoms with Gasteiger partial charge in [-0.2, -0.15) is 0 Å². The lowest BCUT2D eigenvalue weighted by Gasteiger charge is -2.35. The number of hydrogen-bond donors (Lipinski definition) is 1. The Morgan fingerprint density at radius 3 is 2.24 bits per heavy atom. The minimum atomic E-state index is -3.13. The maximum atomic E-state index is 13.3. The maximum absolute atomic E-state index is 13.3. The van der Waals surface area contributed by atoms with Crippen molar-refractivity contribution in [1.29, 1.82) is 0 Å². The first-order chi connectivity index (χ1) is 13.8. The van der Waals surface area contributed by atoms with Crippen LogP contribution in [0.2, 0.25) is 0 Å². The molecule has 0 aromatic heterocycles. The van der Waals surface area contributed by atoms with E-state index in [0.717, 1.165) is 56.3 Å². The molecule has 2 saturated heterocycles. The number of carbonyl (C=O) groups is 3. The number of amides is 4. The molecule has 4 rings (SSSR count). The van der Waals surface area contributed by atoms with Gasteiger partial charge < -0.3 is 10.2 Å². The number of rotatable bonds is 4. The van der Waals surface area contributed by atoms with Crippen LogP contribution >= 0.6 is 0 Å². The molecule has 2 aliphatic heterocycles. The molecule has 29 heavy (non-hydrogen) atoms. The highest BCUT2D eigenvalue weighted by atomic mass is 32.2. The van der Waals surface area contributed by atoms with Crippen LogP contribution in [-0.4, -0.2) is 71.7 Å². The minimum Gasteiger partial charge on any atom is -0.334 e. The van der Waals surface area contributed by atoms with Gasteiger partial charge in [0.1, 0.15) is 12.1 Å². The Morgan fingerprint density at radius 1 is 1.00 bits per heavy atom. The van der Waals surface area contributed by atoms with Gasteiger partial charge in [0.15, 0.2) is 9.84 Å². The fraction of sp³-hybridized carbons (Fsp3) is 0.850. The van der Waals surface area contributed by atoms with Crippen molar-refractivity contribution in [2.45, 2.75) is 88.3 Å². The monoisotopic (exact) mass is 425 g/mol. The maximum Gasteiger partial charge on any atom is 0.325 e. The van der Waals surface area contributed by atoms with Crippen molar-refractivity contribution in [3.8, 4) is 0 Å². The molecule has 4 aliphatic rings. The second kappa shape index (κ2) is 7.89. The van der Waals surface area contributed by atoms with Crippen LogP contribution in [-0.2, 0) is 19.4 Å². The molecule has 2 heterocycles. The van der Waals surface area contributed by atoms with Crippen LogP contribution in [0.4, 0.5) is 4.79 Å². The van der Waals surface area contributed by atoms with Gasteiger partial charge in [-0.25, -0.2) is 13.2 Å². The molecule has 4 fully saturated rings. The van der Waals surface area contributed by atoms with Gasteiger partial charge in [-0.15, -0.1) is 0 Å². The molecule has 4 amide bonds. The highest BCUT2D eigenvalue weighted by molar-refractivity contribution is 7.91. The SMILES string of the molecule is O=C1NC2(CCCCCC2)C(=O)N1CC(=O)N(C1CCCC1)[C@@H]1CCS(=O)(=O)C1. The fourth-order valence-corrected chi connectivity index (χ4v) is 7.30. The highest BCUT2D eigenvalue weighted by Gasteiger charge is 2.52. The van der Waals surface area contributed by atoms with Crippen molar-refractivity contribution in [1.82, 2.24) is 15.1 Å². The largest absolute Gasteiger partial charge is 0.334 e. The summed E-state index contributed by atoms with van der Waals surface area (Å²) in [6.07, 6.45) is 9.30. The summed E-state index contributed by atoms with van der Waals surface area (Å²) < 4.78 is 24.0. The summed E-state index contributed by atoms with van der Waals surface area (Å²) in [5, 5.41) is 2.88. The topological polar surface area (TPSA) is 104 Å². The Labute approximate surface area is 172 Å². The predicted molar refractivity (Wildman–Crippen MR) is 107 cm³/mol. The summed E-state index contributed by atoms with van der Waals surface area (Å²) in [6.45, 7) is -0.292. The molecule has 8 nitrogen and oxygen atoms in total. The van der Waals surface area contributed by atoms with Gasteiger partial charge in [-0.1, -0.05) is 38.5 Å². The Kier molecular flexibility index (Phi) is 5.61. The zero-order valence-electron chi connectivity index (χ0n) is 16.9. The second-order valence-electron chi connectivity index (χ2n) is 9.11. The summed E-state index contributed by atoms with van der Waals surface area (Å²) in [6, 6.07) is -0.827. The van der Waals surface area contributed by atoms with Crippen molar-refractivity contribution in [3.63, 3.8) is 0 Å². The molecule has 0 unspecified atom stereocenters. The van der Waals surface area contributed by atoms with Crippen molar-refractivity contribution in [2.24, 2.45) is 0 Å². The van der Waals surface area contributed by atoms with Gasteiger partial charge in [-0.3, -0.25) is 14.5 Å². The van der Waals surface area contributed by atoms with E-state index in [-0.39, 0.29) is 41.9 Å². The molecular formula is C20H31N3O5S. The lowest BCUT2D eigenvalue weighted by atomic mass is 9.90. The third-order valence-electron chi connectivity index (χ3n) is 7.10. The van der Waals surface area contributed by atoms with Crippen LogP contribution in [0.1, 0.15) is 70.6 Å².